The van der Waals surface area contributed by atoms with Crippen LogP contribution in [0.5, 0.6) is 11.5 Å². The van der Waals surface area contributed by atoms with Gasteiger partial charge < -0.3 is 9.47 Å². The zero-order valence-electron chi connectivity index (χ0n) is 23.9. The van der Waals surface area contributed by atoms with Crippen molar-refractivity contribution >= 4 is 77.7 Å². The van der Waals surface area contributed by atoms with E-state index in [9.17, 15) is 20.2 Å². The molecule has 7 rings (SSSR count). The van der Waals surface area contributed by atoms with Crippen LogP contribution in [0.3, 0.4) is 0 Å². The number of hydrogen-bond donors (Lipinski definition) is 0. The predicted octanol–water partition coefficient (Wildman–Crippen LogP) is 10.6. The summed E-state index contributed by atoms with van der Waals surface area (Å²) in [5, 5.41) is 31.5. The Kier molecular flexibility index (Phi) is 7.52. The van der Waals surface area contributed by atoms with Crippen molar-refractivity contribution in [3.8, 4) is 11.5 Å². The molecule has 0 N–H and O–H groups in total. The van der Waals surface area contributed by atoms with Crippen molar-refractivity contribution in [1.82, 2.24) is 0 Å². The van der Waals surface area contributed by atoms with Gasteiger partial charge in [-0.3, -0.25) is 20.2 Å². The molecule has 0 atom stereocenters. The maximum absolute atomic E-state index is 11.3. The predicted molar refractivity (Wildman–Crippen MR) is 181 cm³/mol. The second-order valence-electron chi connectivity index (χ2n) is 10.8. The first-order valence-corrected chi connectivity index (χ1v) is 14.9. The van der Waals surface area contributed by atoms with E-state index in [2.05, 4.69) is 36.4 Å². The van der Waals surface area contributed by atoms with Crippen molar-refractivity contribution in [3.05, 3.63) is 151 Å². The lowest BCUT2D eigenvalue weighted by atomic mass is 9.93. The molecule has 0 aliphatic rings. The van der Waals surface area contributed by atoms with Crippen LogP contribution in [0, 0.1) is 20.2 Å². The van der Waals surface area contributed by atoms with E-state index < -0.39 is 9.85 Å². The van der Waals surface area contributed by atoms with Gasteiger partial charge in [0.05, 0.1) is 9.85 Å². The third-order valence-electron chi connectivity index (χ3n) is 8.01. The van der Waals surface area contributed by atoms with Crippen molar-refractivity contribution < 1.29 is 19.3 Å². The molecule has 0 bridgehead atoms. The minimum atomic E-state index is -0.462. The highest BCUT2D eigenvalue weighted by molar-refractivity contribution is 6.32. The van der Waals surface area contributed by atoms with Gasteiger partial charge in [-0.05, 0) is 79.5 Å². The number of benzene rings is 7. The van der Waals surface area contributed by atoms with E-state index in [0.29, 0.717) is 32.7 Å². The third-order valence-corrected chi connectivity index (χ3v) is 8.75. The molecule has 10 heteroatoms. The van der Waals surface area contributed by atoms with E-state index in [1.54, 1.807) is 0 Å². The van der Waals surface area contributed by atoms with Crippen LogP contribution in [0.4, 0.5) is 11.4 Å². The van der Waals surface area contributed by atoms with Gasteiger partial charge in [0.25, 0.3) is 11.4 Å². The first-order chi connectivity index (χ1) is 22.2. The van der Waals surface area contributed by atoms with Gasteiger partial charge in [-0.15, -0.1) is 0 Å². The lowest BCUT2D eigenvalue weighted by molar-refractivity contribution is -0.385. The summed E-state index contributed by atoms with van der Waals surface area (Å²) in [6, 6.07) is 32.7. The smallest absolute Gasteiger partial charge is 0.269 e. The maximum atomic E-state index is 11.3. The summed E-state index contributed by atoms with van der Waals surface area (Å²) in [5.41, 5.74) is 0.929. The Balaban J connectivity index is 1.31. The summed E-state index contributed by atoms with van der Waals surface area (Å²) >= 11 is 12.6. The molecule has 7 aromatic rings. The number of fused-ring (bicyclic) bond motifs is 7. The largest absolute Gasteiger partial charge is 0.489 e. The first kappa shape index (κ1) is 29.3. The molecule has 0 aliphatic heterocycles. The van der Waals surface area contributed by atoms with Crippen LogP contribution in [-0.2, 0) is 13.2 Å². The minimum absolute atomic E-state index is 0.0533. The summed E-state index contributed by atoms with van der Waals surface area (Å²) in [7, 11) is 0. The second kappa shape index (κ2) is 11.8. The Bertz CT molecular complexity index is 2200. The van der Waals surface area contributed by atoms with Crippen LogP contribution >= 0.6 is 23.2 Å². The molecule has 0 heterocycles. The molecule has 0 saturated carbocycles. The van der Waals surface area contributed by atoms with E-state index in [1.807, 2.05) is 36.4 Å². The SMILES string of the molecule is O=[N+]([O-])c1ccc(Cl)c(COc2ccc3ccc4ccc5ccc6ccc(OCc7cc([N+](=O)[O-])ccc7Cl)cc6c5c4c3c2)c1. The molecule has 0 unspecified atom stereocenters. The van der Waals surface area contributed by atoms with Crippen LogP contribution in [0.2, 0.25) is 10.0 Å². The van der Waals surface area contributed by atoms with Crippen LogP contribution in [-0.4, -0.2) is 9.85 Å². The molecule has 0 saturated heterocycles. The minimum Gasteiger partial charge on any atom is -0.489 e. The Hall–Kier alpha value is -5.44. The van der Waals surface area contributed by atoms with Crippen LogP contribution in [0.1, 0.15) is 11.1 Å². The third kappa shape index (κ3) is 5.49. The zero-order valence-corrected chi connectivity index (χ0v) is 25.4. The fourth-order valence-electron chi connectivity index (χ4n) is 5.72. The molecule has 0 amide bonds. The summed E-state index contributed by atoms with van der Waals surface area (Å²) in [4.78, 5) is 21.6. The van der Waals surface area contributed by atoms with E-state index in [0.717, 1.165) is 43.1 Å². The highest BCUT2D eigenvalue weighted by Gasteiger charge is 2.14. The molecular weight excluding hydrogens is 627 g/mol. The van der Waals surface area contributed by atoms with Gasteiger partial charge in [-0.25, -0.2) is 0 Å². The number of rotatable bonds is 8. The average molecular weight is 649 g/mol. The fourth-order valence-corrected chi connectivity index (χ4v) is 6.06. The lowest BCUT2D eigenvalue weighted by Crippen LogP contribution is -1.98. The maximum Gasteiger partial charge on any atom is 0.269 e. The molecule has 7 aromatic carbocycles. The van der Waals surface area contributed by atoms with Crippen molar-refractivity contribution in [2.45, 2.75) is 13.2 Å². The number of nitro groups is 2. The molecule has 0 radical (unpaired) electrons. The van der Waals surface area contributed by atoms with Crippen LogP contribution in [0.15, 0.2) is 109 Å². The molecular formula is C36H22Cl2N2O6. The van der Waals surface area contributed by atoms with E-state index in [-0.39, 0.29) is 24.6 Å². The van der Waals surface area contributed by atoms with Gasteiger partial charge in [-0.1, -0.05) is 71.7 Å². The van der Waals surface area contributed by atoms with Gasteiger partial charge in [0.1, 0.15) is 24.7 Å². The normalized spacial score (nSPS) is 11.3. The summed E-state index contributed by atoms with van der Waals surface area (Å²) in [6.07, 6.45) is 0. The number of non-ortho nitro benzene ring substituents is 2. The second-order valence-corrected chi connectivity index (χ2v) is 11.6. The molecule has 0 fully saturated rings. The fraction of sp³-hybridized carbons (Fsp3) is 0.0556. The molecule has 0 spiro atoms. The van der Waals surface area contributed by atoms with Crippen LogP contribution in [0.25, 0.3) is 43.1 Å². The van der Waals surface area contributed by atoms with Crippen molar-refractivity contribution in [1.29, 1.82) is 0 Å². The average Bonchev–Trinajstić information content (AvgIpc) is 3.06. The monoisotopic (exact) mass is 648 g/mol. The number of nitrogens with zero attached hydrogens (tertiary/aromatic N) is 2. The van der Waals surface area contributed by atoms with Crippen molar-refractivity contribution in [2.24, 2.45) is 0 Å². The molecule has 46 heavy (non-hydrogen) atoms. The Labute approximate surface area is 271 Å². The summed E-state index contributed by atoms with van der Waals surface area (Å²) in [6.45, 7) is 0.130. The van der Waals surface area contributed by atoms with Gasteiger partial charge in [0.15, 0.2) is 0 Å². The summed E-state index contributed by atoms with van der Waals surface area (Å²) < 4.78 is 12.2. The quantitative estimate of drug-likeness (QED) is 0.0922. The zero-order chi connectivity index (χ0) is 31.9. The van der Waals surface area contributed by atoms with E-state index in [4.69, 9.17) is 32.7 Å². The lowest BCUT2D eigenvalue weighted by Gasteiger charge is -2.14. The number of halogens is 2. The van der Waals surface area contributed by atoms with Gasteiger partial charge in [0, 0.05) is 45.4 Å². The highest BCUT2D eigenvalue weighted by atomic mass is 35.5. The number of nitro benzene ring substituents is 2. The van der Waals surface area contributed by atoms with E-state index in [1.165, 1.54) is 36.4 Å². The Morgan fingerprint density at radius 3 is 1.26 bits per heavy atom. The summed E-state index contributed by atoms with van der Waals surface area (Å²) in [5.74, 6) is 1.19. The van der Waals surface area contributed by atoms with Crippen LogP contribution < -0.4 is 9.47 Å². The number of hydrogen-bond acceptors (Lipinski definition) is 6. The molecule has 226 valence electrons. The Morgan fingerprint density at radius 2 is 0.870 bits per heavy atom. The molecule has 8 nitrogen and oxygen atoms in total. The van der Waals surface area contributed by atoms with Crippen molar-refractivity contribution in [2.75, 3.05) is 0 Å². The molecule has 0 aliphatic carbocycles. The highest BCUT2D eigenvalue weighted by Crippen LogP contribution is 2.39. The molecule has 0 aromatic heterocycles. The topological polar surface area (TPSA) is 105 Å². The first-order valence-electron chi connectivity index (χ1n) is 14.2. The van der Waals surface area contributed by atoms with Crippen molar-refractivity contribution in [3.63, 3.8) is 0 Å². The number of ether oxygens (including phenoxy) is 2. The van der Waals surface area contributed by atoms with Gasteiger partial charge in [-0.2, -0.15) is 0 Å². The Morgan fingerprint density at radius 1 is 0.500 bits per heavy atom. The van der Waals surface area contributed by atoms with Gasteiger partial charge in [0.2, 0.25) is 0 Å². The van der Waals surface area contributed by atoms with E-state index >= 15 is 0 Å². The standard InChI is InChI=1S/C36H22Cl2N2O6/c37-33-13-9-27(39(41)42)15-25(33)19-45-29-11-7-21-1-3-23-5-6-24-4-2-22-8-12-30(18-32(22)36(24)35(23)31(21)17-29)46-20-26-16-28(40(43)44)10-14-34(26)38/h1-18H,19-20H2. The van der Waals surface area contributed by atoms with Gasteiger partial charge >= 0.3 is 0 Å².